The van der Waals surface area contributed by atoms with Gasteiger partial charge < -0.3 is 0 Å². The summed E-state index contributed by atoms with van der Waals surface area (Å²) in [5.74, 6) is -0.772. The van der Waals surface area contributed by atoms with Gasteiger partial charge in [0.2, 0.25) is 0 Å². The smallest absolute Gasteiger partial charge is 0.269 e. The third-order valence-corrected chi connectivity index (χ3v) is 3.19. The maximum atomic E-state index is 11.3. The van der Waals surface area contributed by atoms with Crippen LogP contribution >= 0.6 is 11.6 Å². The van der Waals surface area contributed by atoms with Gasteiger partial charge in [-0.15, -0.1) is 16.0 Å². The molecule has 0 saturated heterocycles. The Bertz CT molecular complexity index is 255. The second kappa shape index (κ2) is 4.04. The van der Waals surface area contributed by atoms with Crippen molar-refractivity contribution in [3.8, 4) is 0 Å². The topological polar surface area (TPSA) is 49.7 Å². The summed E-state index contributed by atoms with van der Waals surface area (Å²) in [7, 11) is 0.646. The lowest BCUT2D eigenvalue weighted by atomic mass is 10.8. The highest BCUT2D eigenvalue weighted by molar-refractivity contribution is 7.90. The number of carbonyl (C=O) groups is 1. The molecule has 6 heteroatoms. The largest absolute Gasteiger partial charge is 0.271 e. The van der Waals surface area contributed by atoms with Crippen LogP contribution in [0.5, 0.6) is 0 Å². The first kappa shape index (κ1) is 10.9. The van der Waals surface area contributed by atoms with Crippen LogP contribution in [0.25, 0.3) is 0 Å². The van der Waals surface area contributed by atoms with Crippen molar-refractivity contribution < 1.29 is 9.00 Å². The number of nitrogens with zero attached hydrogens (tertiary/aromatic N) is 2. The molecular weight excluding hydrogens is 188 g/mol. The van der Waals surface area contributed by atoms with E-state index in [1.165, 1.54) is 10.6 Å². The Kier molecular flexibility index (Phi) is 3.99. The van der Waals surface area contributed by atoms with E-state index in [0.29, 0.717) is 0 Å². The molecule has 0 spiro atoms. The molecule has 1 atom stereocenters. The Balaban J connectivity index is 4.68. The highest BCUT2D eigenvalue weighted by atomic mass is 35.5. The highest BCUT2D eigenvalue weighted by Crippen LogP contribution is 1.95. The molecular formula is C5H11ClN2O2S. The van der Waals surface area contributed by atoms with Gasteiger partial charge in [-0.05, 0) is 0 Å². The van der Waals surface area contributed by atoms with Crippen LogP contribution < -0.4 is 0 Å². The van der Waals surface area contributed by atoms with Crippen molar-refractivity contribution >= 4 is 27.4 Å². The standard InChI is InChI=1S/C5H11ClN2O2S/c1-8(2)11(3,10)7-5(9)4-6/h4H2,1-3H3/t11-/m1/s1. The molecule has 4 nitrogen and oxygen atoms in total. The van der Waals surface area contributed by atoms with Gasteiger partial charge in [-0.1, -0.05) is 0 Å². The van der Waals surface area contributed by atoms with Crippen LogP contribution in [0.2, 0.25) is 0 Å². The molecule has 0 N–H and O–H groups in total. The Morgan fingerprint density at radius 1 is 1.64 bits per heavy atom. The second-order valence-corrected chi connectivity index (χ2v) is 4.90. The summed E-state index contributed by atoms with van der Waals surface area (Å²) < 4.78 is 16.1. The van der Waals surface area contributed by atoms with E-state index in [-0.39, 0.29) is 5.88 Å². The van der Waals surface area contributed by atoms with Gasteiger partial charge in [0.25, 0.3) is 5.91 Å². The molecule has 0 aromatic rings. The summed E-state index contributed by atoms with van der Waals surface area (Å²) in [5.41, 5.74) is 0. The van der Waals surface area contributed by atoms with Gasteiger partial charge in [0, 0.05) is 20.4 Å². The van der Waals surface area contributed by atoms with Crippen molar-refractivity contribution in [1.82, 2.24) is 4.31 Å². The van der Waals surface area contributed by atoms with Crippen molar-refractivity contribution in [3.05, 3.63) is 0 Å². The fraction of sp³-hybridized carbons (Fsp3) is 0.800. The number of alkyl halides is 1. The lowest BCUT2D eigenvalue weighted by Crippen LogP contribution is -2.21. The molecule has 1 amide bonds. The molecule has 0 aliphatic heterocycles. The average Bonchev–Trinajstić information content (AvgIpc) is 1.86. The highest BCUT2D eigenvalue weighted by Gasteiger charge is 2.06. The van der Waals surface area contributed by atoms with Crippen molar-refractivity contribution in [2.45, 2.75) is 0 Å². The molecule has 0 bridgehead atoms. The number of hydrogen-bond donors (Lipinski definition) is 0. The van der Waals surface area contributed by atoms with Crippen molar-refractivity contribution in [1.29, 1.82) is 0 Å². The summed E-state index contributed by atoms with van der Waals surface area (Å²) in [6.07, 6.45) is 1.39. The van der Waals surface area contributed by atoms with Crippen LogP contribution in [0.4, 0.5) is 0 Å². The summed E-state index contributed by atoms with van der Waals surface area (Å²) in [6.45, 7) is 0. The van der Waals surface area contributed by atoms with E-state index in [2.05, 4.69) is 4.36 Å². The van der Waals surface area contributed by atoms with Gasteiger partial charge in [-0.3, -0.25) is 4.79 Å². The van der Waals surface area contributed by atoms with Crippen LogP contribution in [0.15, 0.2) is 4.36 Å². The molecule has 0 aromatic carbocycles. The molecule has 0 unspecified atom stereocenters. The van der Waals surface area contributed by atoms with E-state index < -0.39 is 15.8 Å². The molecule has 0 rings (SSSR count). The Hall–Kier alpha value is -0.130. The van der Waals surface area contributed by atoms with E-state index in [0.717, 1.165) is 0 Å². The van der Waals surface area contributed by atoms with Gasteiger partial charge >= 0.3 is 0 Å². The monoisotopic (exact) mass is 198 g/mol. The Morgan fingerprint density at radius 2 is 2.09 bits per heavy atom. The quantitative estimate of drug-likeness (QED) is 0.601. The van der Waals surface area contributed by atoms with Gasteiger partial charge in [-0.2, -0.15) is 0 Å². The fourth-order valence-corrected chi connectivity index (χ4v) is 1.03. The van der Waals surface area contributed by atoms with Crippen molar-refractivity contribution in [3.63, 3.8) is 0 Å². The van der Waals surface area contributed by atoms with E-state index in [9.17, 15) is 9.00 Å². The van der Waals surface area contributed by atoms with E-state index in [1.54, 1.807) is 14.1 Å². The molecule has 0 aromatic heterocycles. The zero-order valence-corrected chi connectivity index (χ0v) is 8.28. The van der Waals surface area contributed by atoms with Crippen LogP contribution in [0.1, 0.15) is 0 Å². The average molecular weight is 199 g/mol. The minimum atomic E-state index is -2.54. The maximum absolute atomic E-state index is 11.3. The van der Waals surface area contributed by atoms with E-state index in [1.807, 2.05) is 0 Å². The number of amides is 1. The van der Waals surface area contributed by atoms with Gasteiger partial charge in [0.1, 0.15) is 15.8 Å². The van der Waals surface area contributed by atoms with Crippen LogP contribution in [0.3, 0.4) is 0 Å². The van der Waals surface area contributed by atoms with Crippen molar-refractivity contribution in [2.75, 3.05) is 26.2 Å². The fourth-order valence-electron chi connectivity index (χ4n) is 0.295. The zero-order valence-electron chi connectivity index (χ0n) is 6.70. The minimum Gasteiger partial charge on any atom is -0.271 e. The summed E-state index contributed by atoms with van der Waals surface area (Å²) in [5, 5.41) is 0. The molecule has 66 valence electrons. The predicted molar refractivity (Wildman–Crippen MR) is 45.9 cm³/mol. The summed E-state index contributed by atoms with van der Waals surface area (Å²) in [6, 6.07) is 0. The number of hydrogen-bond acceptors (Lipinski definition) is 2. The molecule has 0 fully saturated rings. The van der Waals surface area contributed by atoms with Crippen LogP contribution in [-0.2, 0) is 14.7 Å². The molecule has 11 heavy (non-hydrogen) atoms. The Labute approximate surface area is 71.8 Å². The third kappa shape index (κ3) is 3.69. The molecule has 0 saturated carbocycles. The molecule has 0 aliphatic carbocycles. The lowest BCUT2D eigenvalue weighted by Gasteiger charge is -2.10. The SMILES string of the molecule is CN(C)[S@](C)(=O)=NC(=O)CCl. The van der Waals surface area contributed by atoms with Crippen LogP contribution in [0, 0.1) is 0 Å². The molecule has 0 radical (unpaired) electrons. The molecule has 0 aliphatic rings. The van der Waals surface area contributed by atoms with Gasteiger partial charge in [-0.25, -0.2) is 8.51 Å². The number of carbonyl (C=O) groups excluding carboxylic acids is 1. The third-order valence-electron chi connectivity index (χ3n) is 1.06. The van der Waals surface area contributed by atoms with Crippen LogP contribution in [-0.4, -0.2) is 40.7 Å². The number of rotatable bonds is 2. The van der Waals surface area contributed by atoms with Crippen molar-refractivity contribution in [2.24, 2.45) is 4.36 Å². The maximum Gasteiger partial charge on any atom is 0.269 e. The molecule has 0 heterocycles. The normalized spacial score (nSPS) is 16.1. The lowest BCUT2D eigenvalue weighted by molar-refractivity contribution is -0.115. The van der Waals surface area contributed by atoms with E-state index >= 15 is 0 Å². The van der Waals surface area contributed by atoms with E-state index in [4.69, 9.17) is 11.6 Å². The zero-order chi connectivity index (χ0) is 9.07. The summed E-state index contributed by atoms with van der Waals surface area (Å²) in [4.78, 5) is 10.6. The number of halogens is 1. The van der Waals surface area contributed by atoms with Gasteiger partial charge in [0.15, 0.2) is 0 Å². The Morgan fingerprint density at radius 3 is 2.36 bits per heavy atom. The summed E-state index contributed by atoms with van der Waals surface area (Å²) >= 11 is 5.18. The first-order valence-corrected chi connectivity index (χ1v) is 5.30. The minimum absolute atomic E-state index is 0.224. The predicted octanol–water partition coefficient (Wildman–Crippen LogP) is 0.326. The van der Waals surface area contributed by atoms with Gasteiger partial charge in [0.05, 0.1) is 0 Å². The first-order valence-electron chi connectivity index (χ1n) is 2.88. The second-order valence-electron chi connectivity index (χ2n) is 2.19. The first-order chi connectivity index (χ1) is 4.90.